The summed E-state index contributed by atoms with van der Waals surface area (Å²) in [6, 6.07) is 7.95. The van der Waals surface area contributed by atoms with Gasteiger partial charge in [0, 0.05) is 12.1 Å². The van der Waals surface area contributed by atoms with Crippen molar-refractivity contribution < 1.29 is 30.8 Å². The molecule has 176 valence electrons. The van der Waals surface area contributed by atoms with E-state index in [9.17, 15) is 26.4 Å². The molecule has 2 N–H and O–H groups in total. The highest BCUT2D eigenvalue weighted by Crippen LogP contribution is 2.33. The first-order valence-corrected chi connectivity index (χ1v) is 11.8. The van der Waals surface area contributed by atoms with E-state index < -0.39 is 27.9 Å². The van der Waals surface area contributed by atoms with Gasteiger partial charge in [0.15, 0.2) is 11.5 Å². The van der Waals surface area contributed by atoms with Crippen LogP contribution in [0.5, 0.6) is 0 Å². The van der Waals surface area contributed by atoms with E-state index in [1.54, 1.807) is 0 Å². The molecule has 0 radical (unpaired) electrons. The summed E-state index contributed by atoms with van der Waals surface area (Å²) in [6.45, 7) is 0. The Morgan fingerprint density at radius 3 is 2.39 bits per heavy atom. The number of halogens is 3. The Hall–Kier alpha value is -3.28. The zero-order valence-electron chi connectivity index (χ0n) is 17.3. The minimum atomic E-state index is -4.68. The largest absolute Gasteiger partial charge is 0.463 e. The Bertz CT molecular complexity index is 1210. The molecule has 1 fully saturated rings. The fourth-order valence-electron chi connectivity index (χ4n) is 3.73. The van der Waals surface area contributed by atoms with E-state index >= 15 is 0 Å². The number of furan rings is 1. The van der Waals surface area contributed by atoms with Crippen molar-refractivity contribution in [3.05, 3.63) is 54.4 Å². The molecule has 2 heterocycles. The number of rotatable bonds is 5. The Labute approximate surface area is 187 Å². The highest BCUT2D eigenvalue weighted by molar-refractivity contribution is 7.90. The molecule has 1 aromatic carbocycles. The fraction of sp³-hybridized carbons (Fsp3) is 0.333. The number of nitrogens with zero attached hydrogens (tertiary/aromatic N) is 2. The number of hydrogen-bond acceptors (Lipinski definition) is 5. The van der Waals surface area contributed by atoms with E-state index in [1.165, 1.54) is 42.7 Å². The maximum atomic E-state index is 13.2. The third-order valence-electron chi connectivity index (χ3n) is 5.33. The molecule has 0 saturated heterocycles. The predicted octanol–water partition coefficient (Wildman–Crippen LogP) is 4.47. The van der Waals surface area contributed by atoms with Gasteiger partial charge in [-0.05, 0) is 49.2 Å². The first kappa shape index (κ1) is 22.9. The highest BCUT2D eigenvalue weighted by Gasteiger charge is 2.35. The molecule has 33 heavy (non-hydrogen) atoms. The van der Waals surface area contributed by atoms with Crippen molar-refractivity contribution in [3.8, 4) is 17.1 Å². The van der Waals surface area contributed by atoms with Crippen molar-refractivity contribution >= 4 is 16.1 Å². The molecule has 2 aromatic heterocycles. The molecule has 4 rings (SSSR count). The number of alkyl halides is 3. The third kappa shape index (κ3) is 5.21. The van der Waals surface area contributed by atoms with Gasteiger partial charge in [-0.2, -0.15) is 18.3 Å². The van der Waals surface area contributed by atoms with Gasteiger partial charge in [0.25, 0.3) is 10.0 Å². The van der Waals surface area contributed by atoms with Crippen molar-refractivity contribution in [2.75, 3.05) is 0 Å². The van der Waals surface area contributed by atoms with E-state index in [4.69, 9.17) is 4.42 Å². The number of sulfonamides is 1. The van der Waals surface area contributed by atoms with Gasteiger partial charge in [-0.3, -0.25) is 0 Å². The van der Waals surface area contributed by atoms with Crippen LogP contribution in [0.15, 0.2) is 58.0 Å². The second-order valence-corrected chi connectivity index (χ2v) is 9.39. The van der Waals surface area contributed by atoms with Crippen LogP contribution in [0.25, 0.3) is 17.1 Å². The van der Waals surface area contributed by atoms with Crippen LogP contribution in [0, 0.1) is 0 Å². The van der Waals surface area contributed by atoms with Crippen LogP contribution in [0.1, 0.15) is 37.8 Å². The van der Waals surface area contributed by atoms with Crippen LogP contribution in [-0.4, -0.2) is 30.3 Å². The van der Waals surface area contributed by atoms with E-state index in [-0.39, 0.29) is 28.1 Å². The second-order valence-electron chi connectivity index (χ2n) is 7.71. The molecule has 1 aliphatic carbocycles. The van der Waals surface area contributed by atoms with Gasteiger partial charge in [-0.15, -0.1) is 0 Å². The lowest BCUT2D eigenvalue weighted by Gasteiger charge is -2.22. The summed E-state index contributed by atoms with van der Waals surface area (Å²) in [5.41, 5.74) is -0.887. The number of aromatic nitrogens is 2. The Kier molecular flexibility index (Phi) is 6.19. The maximum absolute atomic E-state index is 13.2. The zero-order chi connectivity index (χ0) is 23.6. The Morgan fingerprint density at radius 1 is 1.09 bits per heavy atom. The predicted molar refractivity (Wildman–Crippen MR) is 112 cm³/mol. The Balaban J connectivity index is 1.55. The molecule has 1 aliphatic rings. The molecule has 0 unspecified atom stereocenters. The third-order valence-corrected chi connectivity index (χ3v) is 6.68. The Morgan fingerprint density at radius 2 is 1.79 bits per heavy atom. The molecule has 1 saturated carbocycles. The lowest BCUT2D eigenvalue weighted by Crippen LogP contribution is -2.45. The molecule has 0 atom stereocenters. The highest BCUT2D eigenvalue weighted by atomic mass is 32.2. The summed E-state index contributed by atoms with van der Waals surface area (Å²) in [5.74, 6) is 0.163. The topological polar surface area (TPSA) is 106 Å². The number of carbonyl (C=O) groups excluding carboxylic acids is 1. The molecule has 0 bridgehead atoms. The first-order chi connectivity index (χ1) is 15.6. The van der Waals surface area contributed by atoms with E-state index in [0.717, 1.165) is 42.9 Å². The SMILES string of the molecule is O=C(NC1CCCCC1)NS(=O)(=O)c1ccc(-n2nc(C(F)(F)F)cc2-c2ccco2)cc1. The van der Waals surface area contributed by atoms with E-state index in [0.29, 0.717) is 0 Å². The maximum Gasteiger partial charge on any atom is 0.435 e. The molecule has 0 spiro atoms. The lowest BCUT2D eigenvalue weighted by molar-refractivity contribution is -0.141. The van der Waals surface area contributed by atoms with Crippen molar-refractivity contribution in [3.63, 3.8) is 0 Å². The van der Waals surface area contributed by atoms with Gasteiger partial charge in [-0.25, -0.2) is 22.6 Å². The van der Waals surface area contributed by atoms with Gasteiger partial charge in [-0.1, -0.05) is 19.3 Å². The van der Waals surface area contributed by atoms with Crippen LogP contribution >= 0.6 is 0 Å². The smallest absolute Gasteiger partial charge is 0.435 e. The molecule has 3 aromatic rings. The minimum Gasteiger partial charge on any atom is -0.463 e. The average Bonchev–Trinajstić information content (AvgIpc) is 3.44. The standard InChI is InChI=1S/C21H21F3N4O4S/c22-21(23,24)19-13-17(18-7-4-12-32-18)28(26-19)15-8-10-16(11-9-15)33(30,31)27-20(29)25-14-5-2-1-3-6-14/h4,7-14H,1-3,5-6H2,(H2,25,27,29). The van der Waals surface area contributed by atoms with Crippen molar-refractivity contribution in [2.45, 2.75) is 49.2 Å². The summed E-state index contributed by atoms with van der Waals surface area (Å²) in [6.07, 6.45) is 1.27. The molecule has 12 heteroatoms. The van der Waals surface area contributed by atoms with Crippen LogP contribution in [-0.2, 0) is 16.2 Å². The summed E-state index contributed by atoms with van der Waals surface area (Å²) in [4.78, 5) is 11.9. The monoisotopic (exact) mass is 482 g/mol. The summed E-state index contributed by atoms with van der Waals surface area (Å²) >= 11 is 0. The summed E-state index contributed by atoms with van der Waals surface area (Å²) in [7, 11) is -4.17. The number of amides is 2. The first-order valence-electron chi connectivity index (χ1n) is 10.3. The molecular weight excluding hydrogens is 461 g/mol. The molecule has 2 amide bonds. The van der Waals surface area contributed by atoms with Crippen LogP contribution in [0.4, 0.5) is 18.0 Å². The van der Waals surface area contributed by atoms with Gasteiger partial charge < -0.3 is 9.73 Å². The van der Waals surface area contributed by atoms with Crippen LogP contribution in [0.2, 0.25) is 0 Å². The van der Waals surface area contributed by atoms with Crippen LogP contribution < -0.4 is 10.0 Å². The van der Waals surface area contributed by atoms with Gasteiger partial charge in [0.2, 0.25) is 0 Å². The van der Waals surface area contributed by atoms with Gasteiger partial charge in [0.05, 0.1) is 16.8 Å². The van der Waals surface area contributed by atoms with E-state index in [2.05, 4.69) is 10.4 Å². The quantitative estimate of drug-likeness (QED) is 0.558. The zero-order valence-corrected chi connectivity index (χ0v) is 18.1. The number of nitrogens with one attached hydrogen (secondary N) is 2. The van der Waals surface area contributed by atoms with Gasteiger partial charge >= 0.3 is 12.2 Å². The van der Waals surface area contributed by atoms with Crippen molar-refractivity contribution in [1.29, 1.82) is 0 Å². The lowest BCUT2D eigenvalue weighted by atomic mass is 9.96. The fourth-order valence-corrected chi connectivity index (χ4v) is 4.64. The molecular formula is C21H21F3N4O4S. The van der Waals surface area contributed by atoms with Crippen molar-refractivity contribution in [1.82, 2.24) is 19.8 Å². The molecule has 0 aliphatic heterocycles. The summed E-state index contributed by atoms with van der Waals surface area (Å²) < 4.78 is 73.0. The summed E-state index contributed by atoms with van der Waals surface area (Å²) in [5, 5.41) is 6.28. The number of benzene rings is 1. The van der Waals surface area contributed by atoms with Crippen molar-refractivity contribution in [2.24, 2.45) is 0 Å². The molecule has 8 nitrogen and oxygen atoms in total. The number of urea groups is 1. The number of hydrogen-bond donors (Lipinski definition) is 2. The number of carbonyl (C=O) groups is 1. The van der Waals surface area contributed by atoms with Gasteiger partial charge in [0.1, 0.15) is 5.69 Å². The second kappa shape index (κ2) is 8.93. The normalized spacial score (nSPS) is 15.4. The van der Waals surface area contributed by atoms with E-state index in [1.807, 2.05) is 4.72 Å². The van der Waals surface area contributed by atoms with Crippen LogP contribution in [0.3, 0.4) is 0 Å². The minimum absolute atomic E-state index is 0.0490. The average molecular weight is 482 g/mol.